The minimum atomic E-state index is -0.759. The highest BCUT2D eigenvalue weighted by molar-refractivity contribution is 6.04. The van der Waals surface area contributed by atoms with Crippen LogP contribution in [-0.4, -0.2) is 40.9 Å². The quantitative estimate of drug-likeness (QED) is 0.557. The van der Waals surface area contributed by atoms with Crippen LogP contribution in [0.5, 0.6) is 0 Å². The Balaban J connectivity index is 1.53. The molecule has 3 rings (SSSR count). The lowest BCUT2D eigenvalue weighted by molar-refractivity contribution is -0.119. The van der Waals surface area contributed by atoms with Crippen molar-refractivity contribution in [1.82, 2.24) is 15.3 Å². The fourth-order valence-corrected chi connectivity index (χ4v) is 2.65. The van der Waals surface area contributed by atoms with Crippen LogP contribution >= 0.6 is 0 Å². The predicted octanol–water partition coefficient (Wildman–Crippen LogP) is 2.24. The number of para-hydroxylation sites is 1. The van der Waals surface area contributed by atoms with Gasteiger partial charge < -0.3 is 15.4 Å². The summed E-state index contributed by atoms with van der Waals surface area (Å²) in [7, 11) is 0. The Morgan fingerprint density at radius 3 is 2.47 bits per heavy atom. The number of esters is 1. The van der Waals surface area contributed by atoms with E-state index in [1.165, 1.54) is 18.6 Å². The summed E-state index contributed by atoms with van der Waals surface area (Å²) in [5.74, 6) is -1.64. The topological polar surface area (TPSA) is 110 Å². The third-order valence-electron chi connectivity index (χ3n) is 4.09. The van der Waals surface area contributed by atoms with E-state index in [1.54, 1.807) is 24.3 Å². The third kappa shape index (κ3) is 5.96. The number of aromatic nitrogens is 2. The van der Waals surface area contributed by atoms with Gasteiger partial charge in [-0.05, 0) is 24.1 Å². The average Bonchev–Trinajstić information content (AvgIpc) is 2.79. The van der Waals surface area contributed by atoms with Gasteiger partial charge in [0.05, 0.1) is 17.4 Å². The minimum absolute atomic E-state index is 0.00324. The Kier molecular flexibility index (Phi) is 7.21. The van der Waals surface area contributed by atoms with E-state index in [4.69, 9.17) is 4.74 Å². The molecular formula is C22H20N4O4. The Labute approximate surface area is 173 Å². The molecule has 8 heteroatoms. The number of benzene rings is 2. The Hall–Kier alpha value is -4.07. The van der Waals surface area contributed by atoms with Crippen LogP contribution in [0.2, 0.25) is 0 Å². The molecule has 1 aromatic heterocycles. The summed E-state index contributed by atoms with van der Waals surface area (Å²) in [6.45, 7) is -0.0553. The third-order valence-corrected chi connectivity index (χ3v) is 4.09. The van der Waals surface area contributed by atoms with E-state index in [9.17, 15) is 14.4 Å². The highest BCUT2D eigenvalue weighted by atomic mass is 16.5. The van der Waals surface area contributed by atoms with Gasteiger partial charge in [-0.2, -0.15) is 0 Å². The zero-order chi connectivity index (χ0) is 21.2. The van der Waals surface area contributed by atoms with Crippen LogP contribution in [0.3, 0.4) is 0 Å². The van der Waals surface area contributed by atoms with Gasteiger partial charge in [-0.15, -0.1) is 0 Å². The molecule has 2 amide bonds. The van der Waals surface area contributed by atoms with Gasteiger partial charge in [0.2, 0.25) is 0 Å². The van der Waals surface area contributed by atoms with E-state index < -0.39 is 18.5 Å². The summed E-state index contributed by atoms with van der Waals surface area (Å²) in [5.41, 5.74) is 1.77. The predicted molar refractivity (Wildman–Crippen MR) is 110 cm³/mol. The maximum atomic E-state index is 12.5. The monoisotopic (exact) mass is 404 g/mol. The van der Waals surface area contributed by atoms with E-state index in [0.29, 0.717) is 24.2 Å². The van der Waals surface area contributed by atoms with Crippen LogP contribution in [0, 0.1) is 0 Å². The second kappa shape index (κ2) is 10.5. The fourth-order valence-electron chi connectivity index (χ4n) is 2.65. The number of nitrogens with one attached hydrogen (secondary N) is 2. The summed E-state index contributed by atoms with van der Waals surface area (Å²) >= 11 is 0. The Bertz CT molecular complexity index is 1010. The molecule has 0 unspecified atom stereocenters. The van der Waals surface area contributed by atoms with Gasteiger partial charge in [-0.3, -0.25) is 14.6 Å². The average molecular weight is 404 g/mol. The van der Waals surface area contributed by atoms with Crippen molar-refractivity contribution in [3.05, 3.63) is 90.0 Å². The first-order valence-electron chi connectivity index (χ1n) is 9.27. The van der Waals surface area contributed by atoms with E-state index in [-0.39, 0.29) is 11.6 Å². The van der Waals surface area contributed by atoms with Crippen LogP contribution in [-0.2, 0) is 16.0 Å². The standard InChI is InChI=1S/C22H20N4O4/c27-20(15-30-22(29)19-14-23-12-13-24-19)26-18-9-5-4-8-17(18)21(28)25-11-10-16-6-2-1-3-7-16/h1-9,12-14H,10-11,15H2,(H,25,28)(H,26,27). The Morgan fingerprint density at radius 2 is 1.70 bits per heavy atom. The lowest BCUT2D eigenvalue weighted by Crippen LogP contribution is -2.28. The first kappa shape index (κ1) is 20.7. The molecule has 8 nitrogen and oxygen atoms in total. The number of nitrogens with zero attached hydrogens (tertiary/aromatic N) is 2. The molecule has 0 aliphatic carbocycles. The van der Waals surface area contributed by atoms with Gasteiger partial charge >= 0.3 is 5.97 Å². The molecule has 0 saturated carbocycles. The number of rotatable bonds is 8. The van der Waals surface area contributed by atoms with Crippen LogP contribution in [0.1, 0.15) is 26.4 Å². The summed E-state index contributed by atoms with van der Waals surface area (Å²) in [5, 5.41) is 5.44. The van der Waals surface area contributed by atoms with Crippen molar-refractivity contribution in [3.8, 4) is 0 Å². The zero-order valence-electron chi connectivity index (χ0n) is 16.1. The molecule has 0 fully saturated rings. The molecule has 30 heavy (non-hydrogen) atoms. The smallest absolute Gasteiger partial charge is 0.359 e. The SMILES string of the molecule is O=C(COC(=O)c1cnccn1)Nc1ccccc1C(=O)NCCc1ccccc1. The van der Waals surface area contributed by atoms with Crippen molar-refractivity contribution < 1.29 is 19.1 Å². The number of amides is 2. The molecule has 2 aromatic carbocycles. The Morgan fingerprint density at radius 1 is 0.933 bits per heavy atom. The van der Waals surface area contributed by atoms with Crippen LogP contribution in [0.25, 0.3) is 0 Å². The van der Waals surface area contributed by atoms with Crippen molar-refractivity contribution in [2.75, 3.05) is 18.5 Å². The molecule has 0 spiro atoms. The van der Waals surface area contributed by atoms with E-state index >= 15 is 0 Å². The van der Waals surface area contributed by atoms with Crippen LogP contribution in [0.15, 0.2) is 73.2 Å². The van der Waals surface area contributed by atoms with Gasteiger partial charge in [0, 0.05) is 18.9 Å². The molecule has 0 aliphatic rings. The number of hydrogen-bond acceptors (Lipinski definition) is 6. The molecule has 3 aromatic rings. The number of ether oxygens (including phenoxy) is 1. The van der Waals surface area contributed by atoms with Crippen LogP contribution < -0.4 is 10.6 Å². The normalized spacial score (nSPS) is 10.1. The highest BCUT2D eigenvalue weighted by Crippen LogP contribution is 2.15. The second-order valence-electron chi connectivity index (χ2n) is 6.25. The number of carbonyl (C=O) groups is 3. The number of hydrogen-bond donors (Lipinski definition) is 2. The second-order valence-corrected chi connectivity index (χ2v) is 6.25. The van der Waals surface area contributed by atoms with E-state index in [2.05, 4.69) is 20.6 Å². The highest BCUT2D eigenvalue weighted by Gasteiger charge is 2.15. The lowest BCUT2D eigenvalue weighted by atomic mass is 10.1. The molecule has 1 heterocycles. The molecule has 0 bridgehead atoms. The largest absolute Gasteiger partial charge is 0.451 e. The molecule has 0 aliphatic heterocycles. The van der Waals surface area contributed by atoms with Crippen molar-refractivity contribution in [1.29, 1.82) is 0 Å². The van der Waals surface area contributed by atoms with Crippen molar-refractivity contribution in [3.63, 3.8) is 0 Å². The fraction of sp³-hybridized carbons (Fsp3) is 0.136. The number of anilines is 1. The van der Waals surface area contributed by atoms with Crippen molar-refractivity contribution in [2.24, 2.45) is 0 Å². The number of carbonyl (C=O) groups excluding carboxylic acids is 3. The summed E-state index contributed by atoms with van der Waals surface area (Å²) in [4.78, 5) is 44.1. The van der Waals surface area contributed by atoms with Gasteiger partial charge in [0.25, 0.3) is 11.8 Å². The molecule has 2 N–H and O–H groups in total. The van der Waals surface area contributed by atoms with Gasteiger partial charge in [-0.25, -0.2) is 9.78 Å². The van der Waals surface area contributed by atoms with Crippen LogP contribution in [0.4, 0.5) is 5.69 Å². The summed E-state index contributed by atoms with van der Waals surface area (Å²) in [6.07, 6.45) is 4.71. The van der Waals surface area contributed by atoms with Crippen molar-refractivity contribution >= 4 is 23.5 Å². The first-order chi connectivity index (χ1) is 14.6. The maximum absolute atomic E-state index is 12.5. The molecule has 0 radical (unpaired) electrons. The zero-order valence-corrected chi connectivity index (χ0v) is 16.1. The summed E-state index contributed by atoms with van der Waals surface area (Å²) < 4.78 is 4.92. The van der Waals surface area contributed by atoms with Crippen molar-refractivity contribution in [2.45, 2.75) is 6.42 Å². The minimum Gasteiger partial charge on any atom is -0.451 e. The molecular weight excluding hydrogens is 384 g/mol. The first-order valence-corrected chi connectivity index (χ1v) is 9.27. The summed E-state index contributed by atoms with van der Waals surface area (Å²) in [6, 6.07) is 16.4. The van der Waals surface area contributed by atoms with Gasteiger partial charge in [0.1, 0.15) is 0 Å². The van der Waals surface area contributed by atoms with E-state index in [0.717, 1.165) is 5.56 Å². The van der Waals surface area contributed by atoms with E-state index in [1.807, 2.05) is 30.3 Å². The van der Waals surface area contributed by atoms with Gasteiger partial charge in [-0.1, -0.05) is 42.5 Å². The molecule has 152 valence electrons. The maximum Gasteiger partial charge on any atom is 0.359 e. The van der Waals surface area contributed by atoms with Gasteiger partial charge in [0.15, 0.2) is 12.3 Å². The lowest BCUT2D eigenvalue weighted by Gasteiger charge is -2.11. The molecule has 0 atom stereocenters. The molecule has 0 saturated heterocycles.